The first-order valence-electron chi connectivity index (χ1n) is 6.47. The van der Waals surface area contributed by atoms with Gasteiger partial charge in [0.25, 0.3) is 0 Å². The van der Waals surface area contributed by atoms with E-state index in [1.54, 1.807) is 12.1 Å². The van der Waals surface area contributed by atoms with Crippen LogP contribution in [0, 0.1) is 5.92 Å². The quantitative estimate of drug-likeness (QED) is 0.851. The predicted molar refractivity (Wildman–Crippen MR) is 71.4 cm³/mol. The van der Waals surface area contributed by atoms with Gasteiger partial charge in [-0.1, -0.05) is 12.1 Å². The van der Waals surface area contributed by atoms with E-state index < -0.39 is 0 Å². The third-order valence-electron chi connectivity index (χ3n) is 4.05. The Kier molecular flexibility index (Phi) is 2.47. The fraction of sp³-hybridized carbons (Fsp3) is 0.500. The van der Waals surface area contributed by atoms with Crippen LogP contribution in [-0.2, 0) is 5.54 Å². The molecule has 1 aliphatic heterocycles. The molecule has 0 spiro atoms. The molecule has 0 aromatic heterocycles. The number of hydrogen-bond acceptors (Lipinski definition) is 4. The fourth-order valence-corrected chi connectivity index (χ4v) is 2.58. The third-order valence-corrected chi connectivity index (χ3v) is 4.05. The fourth-order valence-electron chi connectivity index (χ4n) is 2.58. The molecule has 0 amide bonds. The zero-order valence-electron chi connectivity index (χ0n) is 10.6. The molecule has 3 rings (SSSR count). The Labute approximate surface area is 107 Å². The van der Waals surface area contributed by atoms with Crippen molar-refractivity contribution in [1.82, 2.24) is 4.90 Å². The third kappa shape index (κ3) is 1.82. The number of rotatable bonds is 3. The summed E-state index contributed by atoms with van der Waals surface area (Å²) in [6.45, 7) is 3.86. The van der Waals surface area contributed by atoms with Gasteiger partial charge in [0.15, 0.2) is 5.96 Å². The van der Waals surface area contributed by atoms with Gasteiger partial charge in [0.05, 0.1) is 12.1 Å². The maximum atomic E-state index is 9.39. The molecule has 4 nitrogen and oxygen atoms in total. The lowest BCUT2D eigenvalue weighted by Gasteiger charge is -2.36. The largest absolute Gasteiger partial charge is 0.508 e. The lowest BCUT2D eigenvalue weighted by Crippen LogP contribution is -2.48. The van der Waals surface area contributed by atoms with Crippen LogP contribution in [0.5, 0.6) is 5.75 Å². The average Bonchev–Trinajstić information content (AvgIpc) is 3.12. The van der Waals surface area contributed by atoms with E-state index in [0.717, 1.165) is 18.0 Å². The van der Waals surface area contributed by atoms with Crippen LogP contribution in [0.2, 0.25) is 0 Å². The van der Waals surface area contributed by atoms with Gasteiger partial charge in [0, 0.05) is 6.54 Å². The van der Waals surface area contributed by atoms with Crippen LogP contribution in [0.15, 0.2) is 29.3 Å². The molecule has 1 unspecified atom stereocenters. The van der Waals surface area contributed by atoms with Crippen molar-refractivity contribution in [1.29, 1.82) is 0 Å². The number of benzene rings is 1. The summed E-state index contributed by atoms with van der Waals surface area (Å²) in [5.41, 5.74) is 7.02. The van der Waals surface area contributed by atoms with Crippen LogP contribution in [0.3, 0.4) is 0 Å². The number of aliphatic imine (C=N–C) groups is 1. The Morgan fingerprint density at radius 2 is 2.06 bits per heavy atom. The van der Waals surface area contributed by atoms with Crippen LogP contribution in [0.1, 0.15) is 25.3 Å². The molecule has 2 aliphatic rings. The van der Waals surface area contributed by atoms with E-state index in [9.17, 15) is 5.11 Å². The summed E-state index contributed by atoms with van der Waals surface area (Å²) in [4.78, 5) is 6.63. The molecule has 1 fully saturated rings. The van der Waals surface area contributed by atoms with E-state index >= 15 is 0 Å². The molecule has 96 valence electrons. The number of nitrogens with two attached hydrogens (primary N) is 1. The Bertz CT molecular complexity index is 478. The average molecular weight is 245 g/mol. The van der Waals surface area contributed by atoms with Crippen LogP contribution in [0.4, 0.5) is 0 Å². The summed E-state index contributed by atoms with van der Waals surface area (Å²) < 4.78 is 0. The minimum absolute atomic E-state index is 0.166. The van der Waals surface area contributed by atoms with E-state index in [0.29, 0.717) is 18.3 Å². The normalized spacial score (nSPS) is 27.4. The van der Waals surface area contributed by atoms with Gasteiger partial charge in [-0.2, -0.15) is 0 Å². The monoisotopic (exact) mass is 245 g/mol. The summed E-state index contributed by atoms with van der Waals surface area (Å²) >= 11 is 0. The Hall–Kier alpha value is -1.71. The predicted octanol–water partition coefficient (Wildman–Crippen LogP) is 1.65. The molecule has 1 heterocycles. The Balaban J connectivity index is 1.89. The minimum Gasteiger partial charge on any atom is -0.508 e. The zero-order chi connectivity index (χ0) is 12.8. The molecule has 4 heteroatoms. The number of nitrogens with zero attached hydrogens (tertiary/aromatic N) is 2. The first kappa shape index (κ1) is 11.4. The van der Waals surface area contributed by atoms with E-state index in [1.165, 1.54) is 12.8 Å². The van der Waals surface area contributed by atoms with Crippen molar-refractivity contribution in [3.05, 3.63) is 29.8 Å². The summed E-state index contributed by atoms with van der Waals surface area (Å²) in [5, 5.41) is 9.39. The SMILES string of the molecule is CC1(c2ccc(O)cc2)CN=C(N)N1CC1CC1. The lowest BCUT2D eigenvalue weighted by atomic mass is 9.91. The molecule has 0 saturated heterocycles. The molecule has 1 saturated carbocycles. The standard InChI is InChI=1S/C14H19N3O/c1-14(11-4-6-12(18)7-5-11)9-16-13(15)17(14)8-10-2-3-10/h4-7,10,18H,2-3,8-9H2,1H3,(H2,15,16). The molecule has 1 aromatic carbocycles. The second-order valence-corrected chi connectivity index (χ2v) is 5.55. The van der Waals surface area contributed by atoms with Crippen LogP contribution in [-0.4, -0.2) is 29.1 Å². The molecular weight excluding hydrogens is 226 g/mol. The van der Waals surface area contributed by atoms with Crippen molar-refractivity contribution in [3.63, 3.8) is 0 Å². The van der Waals surface area contributed by atoms with Crippen molar-refractivity contribution in [3.8, 4) is 5.75 Å². The van der Waals surface area contributed by atoms with Gasteiger partial charge in [0.1, 0.15) is 5.75 Å². The maximum Gasteiger partial charge on any atom is 0.192 e. The van der Waals surface area contributed by atoms with E-state index in [2.05, 4.69) is 16.8 Å². The minimum atomic E-state index is -0.166. The first-order valence-corrected chi connectivity index (χ1v) is 6.47. The van der Waals surface area contributed by atoms with Crippen LogP contribution in [0.25, 0.3) is 0 Å². The molecule has 1 aliphatic carbocycles. The summed E-state index contributed by atoms with van der Waals surface area (Å²) in [7, 11) is 0. The highest BCUT2D eigenvalue weighted by atomic mass is 16.3. The van der Waals surface area contributed by atoms with E-state index in [-0.39, 0.29) is 5.54 Å². The van der Waals surface area contributed by atoms with Gasteiger partial charge in [-0.05, 0) is 43.4 Å². The molecule has 0 bridgehead atoms. The molecule has 1 atom stereocenters. The number of hydrogen-bond donors (Lipinski definition) is 2. The lowest BCUT2D eigenvalue weighted by molar-refractivity contribution is 0.217. The molecule has 3 N–H and O–H groups in total. The van der Waals surface area contributed by atoms with Gasteiger partial charge in [-0.15, -0.1) is 0 Å². The number of phenolic OH excluding ortho intramolecular Hbond substituents is 1. The summed E-state index contributed by atoms with van der Waals surface area (Å²) in [5.74, 6) is 1.72. The number of phenols is 1. The molecule has 1 aromatic rings. The zero-order valence-corrected chi connectivity index (χ0v) is 10.6. The van der Waals surface area contributed by atoms with Gasteiger partial charge in [-0.3, -0.25) is 4.99 Å². The van der Waals surface area contributed by atoms with Gasteiger partial charge >= 0.3 is 0 Å². The van der Waals surface area contributed by atoms with Crippen molar-refractivity contribution >= 4 is 5.96 Å². The number of guanidine groups is 1. The second-order valence-electron chi connectivity index (χ2n) is 5.55. The number of aromatic hydroxyl groups is 1. The summed E-state index contributed by atoms with van der Waals surface area (Å²) in [6.07, 6.45) is 2.60. The van der Waals surface area contributed by atoms with Crippen LogP contribution < -0.4 is 5.73 Å². The maximum absolute atomic E-state index is 9.39. The van der Waals surface area contributed by atoms with Crippen LogP contribution >= 0.6 is 0 Å². The topological polar surface area (TPSA) is 61.9 Å². The van der Waals surface area contributed by atoms with Gasteiger partial charge in [-0.25, -0.2) is 0 Å². The highest BCUT2D eigenvalue weighted by Crippen LogP contribution is 2.38. The summed E-state index contributed by atoms with van der Waals surface area (Å²) in [6, 6.07) is 7.38. The molecule has 0 radical (unpaired) electrons. The van der Waals surface area contributed by atoms with Crippen molar-refractivity contribution < 1.29 is 5.11 Å². The van der Waals surface area contributed by atoms with Gasteiger partial charge < -0.3 is 15.7 Å². The van der Waals surface area contributed by atoms with Gasteiger partial charge in [0.2, 0.25) is 0 Å². The molecule has 18 heavy (non-hydrogen) atoms. The highest BCUT2D eigenvalue weighted by molar-refractivity contribution is 5.81. The Morgan fingerprint density at radius 3 is 2.67 bits per heavy atom. The smallest absolute Gasteiger partial charge is 0.192 e. The molecular formula is C14H19N3O. The van der Waals surface area contributed by atoms with Crippen molar-refractivity contribution in [2.45, 2.75) is 25.3 Å². The second kappa shape index (κ2) is 3.90. The van der Waals surface area contributed by atoms with Crippen molar-refractivity contribution in [2.75, 3.05) is 13.1 Å². The van der Waals surface area contributed by atoms with E-state index in [4.69, 9.17) is 5.73 Å². The Morgan fingerprint density at radius 1 is 1.39 bits per heavy atom. The first-order chi connectivity index (χ1) is 8.59. The highest BCUT2D eigenvalue weighted by Gasteiger charge is 2.41. The van der Waals surface area contributed by atoms with E-state index in [1.807, 2.05) is 12.1 Å². The van der Waals surface area contributed by atoms with Crippen molar-refractivity contribution in [2.24, 2.45) is 16.6 Å².